The molecule has 0 radical (unpaired) electrons. The fourth-order valence-corrected chi connectivity index (χ4v) is 2.75. The molecule has 2 heterocycles. The highest BCUT2D eigenvalue weighted by Crippen LogP contribution is 2.14. The summed E-state index contributed by atoms with van der Waals surface area (Å²) in [5, 5.41) is 9.76. The molecule has 138 valence electrons. The molecule has 0 fully saturated rings. The Labute approximate surface area is 164 Å². The van der Waals surface area contributed by atoms with Crippen LogP contribution < -0.4 is 10.6 Å². The highest BCUT2D eigenvalue weighted by atomic mass is 79.9. The van der Waals surface area contributed by atoms with Crippen LogP contribution in [-0.4, -0.2) is 33.1 Å². The second-order valence-electron chi connectivity index (χ2n) is 5.80. The molecule has 0 saturated heterocycles. The lowest BCUT2D eigenvalue weighted by Crippen LogP contribution is -2.28. The van der Waals surface area contributed by atoms with Gasteiger partial charge < -0.3 is 10.6 Å². The molecule has 3 rings (SSSR count). The van der Waals surface area contributed by atoms with E-state index in [0.717, 1.165) is 4.47 Å². The zero-order valence-electron chi connectivity index (χ0n) is 14.6. The van der Waals surface area contributed by atoms with E-state index in [2.05, 4.69) is 36.6 Å². The van der Waals surface area contributed by atoms with E-state index in [1.165, 1.54) is 6.20 Å². The van der Waals surface area contributed by atoms with Gasteiger partial charge in [-0.2, -0.15) is 5.10 Å². The molecule has 2 aromatic heterocycles. The van der Waals surface area contributed by atoms with Gasteiger partial charge in [0.15, 0.2) is 5.82 Å². The van der Waals surface area contributed by atoms with Gasteiger partial charge >= 0.3 is 0 Å². The molecule has 0 atom stereocenters. The Hall–Kier alpha value is -3.00. The van der Waals surface area contributed by atoms with Gasteiger partial charge in [-0.1, -0.05) is 22.0 Å². The largest absolute Gasteiger partial charge is 0.351 e. The molecule has 3 aromatic rings. The lowest BCUT2D eigenvalue weighted by molar-refractivity contribution is -0.116. The second-order valence-corrected chi connectivity index (χ2v) is 6.72. The van der Waals surface area contributed by atoms with Crippen molar-refractivity contribution >= 4 is 33.4 Å². The van der Waals surface area contributed by atoms with Crippen molar-refractivity contribution in [2.75, 3.05) is 11.9 Å². The van der Waals surface area contributed by atoms with E-state index < -0.39 is 0 Å². The van der Waals surface area contributed by atoms with E-state index in [-0.39, 0.29) is 24.8 Å². The maximum absolute atomic E-state index is 12.4. The van der Waals surface area contributed by atoms with Crippen LogP contribution in [0, 0.1) is 6.92 Å². The Balaban J connectivity index is 1.53. The molecule has 27 heavy (non-hydrogen) atoms. The molecule has 8 heteroatoms. The van der Waals surface area contributed by atoms with Gasteiger partial charge in [-0.05, 0) is 43.3 Å². The van der Waals surface area contributed by atoms with Gasteiger partial charge in [-0.25, -0.2) is 9.67 Å². The number of benzene rings is 1. The number of amides is 2. The summed E-state index contributed by atoms with van der Waals surface area (Å²) in [6.07, 6.45) is 3.34. The van der Waals surface area contributed by atoms with Crippen LogP contribution in [0.3, 0.4) is 0 Å². The van der Waals surface area contributed by atoms with Gasteiger partial charge in [-0.15, -0.1) is 0 Å². The van der Waals surface area contributed by atoms with Crippen molar-refractivity contribution in [3.63, 3.8) is 0 Å². The number of rotatable bonds is 6. The number of hydrogen-bond donors (Lipinski definition) is 2. The minimum atomic E-state index is -0.272. The minimum absolute atomic E-state index is 0.168. The van der Waals surface area contributed by atoms with Gasteiger partial charge in [0, 0.05) is 29.3 Å². The third kappa shape index (κ3) is 4.79. The highest BCUT2D eigenvalue weighted by molar-refractivity contribution is 9.10. The zero-order valence-corrected chi connectivity index (χ0v) is 16.2. The van der Waals surface area contributed by atoms with Crippen LogP contribution in [0.15, 0.2) is 59.3 Å². The van der Waals surface area contributed by atoms with Crippen LogP contribution in [-0.2, 0) is 4.79 Å². The third-order valence-electron chi connectivity index (χ3n) is 3.89. The van der Waals surface area contributed by atoms with Crippen molar-refractivity contribution in [3.8, 4) is 5.82 Å². The smallest absolute Gasteiger partial charge is 0.254 e. The highest BCUT2D eigenvalue weighted by Gasteiger charge is 2.15. The monoisotopic (exact) mass is 427 g/mol. The predicted molar refractivity (Wildman–Crippen MR) is 106 cm³/mol. The summed E-state index contributed by atoms with van der Waals surface area (Å²) in [5.74, 6) is 0.201. The fourth-order valence-electron chi connectivity index (χ4n) is 2.48. The number of carbonyl (C=O) groups excluding carboxylic acids is 2. The first-order valence-corrected chi connectivity index (χ1v) is 9.13. The van der Waals surface area contributed by atoms with Crippen LogP contribution in [0.2, 0.25) is 0 Å². The van der Waals surface area contributed by atoms with E-state index in [9.17, 15) is 9.59 Å². The minimum Gasteiger partial charge on any atom is -0.351 e. The molecule has 2 amide bonds. The first-order chi connectivity index (χ1) is 13.0. The lowest BCUT2D eigenvalue weighted by atomic mass is 10.2. The van der Waals surface area contributed by atoms with Gasteiger partial charge in [0.05, 0.1) is 17.5 Å². The van der Waals surface area contributed by atoms with Crippen molar-refractivity contribution < 1.29 is 9.59 Å². The molecule has 0 aliphatic carbocycles. The SMILES string of the molecule is Cc1c(C(=O)NCCC(=O)Nc2ccc(Br)cc2)cnn1-c1ccccn1. The first kappa shape index (κ1) is 18.8. The first-order valence-electron chi connectivity index (χ1n) is 8.34. The van der Waals surface area contributed by atoms with Crippen molar-refractivity contribution in [1.29, 1.82) is 0 Å². The van der Waals surface area contributed by atoms with Crippen LogP contribution in [0.5, 0.6) is 0 Å². The number of halogens is 1. The molecule has 0 bridgehead atoms. The topological polar surface area (TPSA) is 88.9 Å². The average molecular weight is 428 g/mol. The summed E-state index contributed by atoms with van der Waals surface area (Å²) in [4.78, 5) is 28.6. The lowest BCUT2D eigenvalue weighted by Gasteiger charge is -2.07. The van der Waals surface area contributed by atoms with Crippen molar-refractivity contribution in [3.05, 3.63) is 70.6 Å². The molecule has 7 nitrogen and oxygen atoms in total. The molecule has 0 saturated carbocycles. The van der Waals surface area contributed by atoms with Crippen molar-refractivity contribution in [2.24, 2.45) is 0 Å². The Morgan fingerprint density at radius 1 is 1.15 bits per heavy atom. The Morgan fingerprint density at radius 3 is 2.63 bits per heavy atom. The molecule has 2 N–H and O–H groups in total. The van der Waals surface area contributed by atoms with E-state index in [1.54, 1.807) is 29.9 Å². The summed E-state index contributed by atoms with van der Waals surface area (Å²) in [5.41, 5.74) is 1.85. The Morgan fingerprint density at radius 2 is 1.93 bits per heavy atom. The summed E-state index contributed by atoms with van der Waals surface area (Å²) < 4.78 is 2.55. The second kappa shape index (κ2) is 8.59. The van der Waals surface area contributed by atoms with Crippen LogP contribution in [0.4, 0.5) is 5.69 Å². The van der Waals surface area contributed by atoms with E-state index >= 15 is 0 Å². The normalized spacial score (nSPS) is 10.4. The van der Waals surface area contributed by atoms with Crippen LogP contribution >= 0.6 is 15.9 Å². The molecule has 1 aromatic carbocycles. The van der Waals surface area contributed by atoms with Gasteiger partial charge in [0.25, 0.3) is 5.91 Å². The standard InChI is InChI=1S/C19H18BrN5O2/c1-13-16(12-23-25(13)17-4-2-3-10-21-17)19(27)22-11-9-18(26)24-15-7-5-14(20)6-8-15/h2-8,10,12H,9,11H2,1H3,(H,22,27)(H,24,26). The number of pyridine rings is 1. The molecular weight excluding hydrogens is 410 g/mol. The van der Waals surface area contributed by atoms with Crippen LogP contribution in [0.1, 0.15) is 22.5 Å². The Bertz CT molecular complexity index is 938. The number of hydrogen-bond acceptors (Lipinski definition) is 4. The Kier molecular flexibility index (Phi) is 5.97. The third-order valence-corrected chi connectivity index (χ3v) is 4.41. The maximum Gasteiger partial charge on any atom is 0.254 e. The number of carbonyl (C=O) groups is 2. The van der Waals surface area contributed by atoms with Gasteiger partial charge in [-0.3, -0.25) is 9.59 Å². The maximum atomic E-state index is 12.4. The average Bonchev–Trinajstić information content (AvgIpc) is 3.06. The molecular formula is C19H18BrN5O2. The van der Waals surface area contributed by atoms with Gasteiger partial charge in [0.2, 0.25) is 5.91 Å². The summed E-state index contributed by atoms with van der Waals surface area (Å²) in [7, 11) is 0. The summed E-state index contributed by atoms with van der Waals surface area (Å²) >= 11 is 3.34. The predicted octanol–water partition coefficient (Wildman–Crippen LogP) is 3.10. The van der Waals surface area contributed by atoms with E-state index in [4.69, 9.17) is 0 Å². The van der Waals surface area contributed by atoms with Crippen molar-refractivity contribution in [2.45, 2.75) is 13.3 Å². The summed E-state index contributed by atoms with van der Waals surface area (Å²) in [6, 6.07) is 12.8. The fraction of sp³-hybridized carbons (Fsp3) is 0.158. The molecule has 0 spiro atoms. The number of aromatic nitrogens is 3. The quantitative estimate of drug-likeness (QED) is 0.632. The number of nitrogens with one attached hydrogen (secondary N) is 2. The van der Waals surface area contributed by atoms with E-state index in [1.807, 2.05) is 30.3 Å². The van der Waals surface area contributed by atoms with Crippen LogP contribution in [0.25, 0.3) is 5.82 Å². The number of nitrogens with zero attached hydrogens (tertiary/aromatic N) is 3. The molecule has 0 unspecified atom stereocenters. The van der Waals surface area contributed by atoms with Crippen molar-refractivity contribution in [1.82, 2.24) is 20.1 Å². The molecule has 0 aliphatic rings. The summed E-state index contributed by atoms with van der Waals surface area (Å²) in [6.45, 7) is 2.03. The number of anilines is 1. The van der Waals surface area contributed by atoms with E-state index in [0.29, 0.717) is 22.8 Å². The van der Waals surface area contributed by atoms with Gasteiger partial charge in [0.1, 0.15) is 0 Å². The zero-order chi connectivity index (χ0) is 19.2. The molecule has 0 aliphatic heterocycles.